The average Bonchev–Trinajstić information content (AvgIpc) is 2.60. The highest BCUT2D eigenvalue weighted by Crippen LogP contribution is 2.30. The van der Waals surface area contributed by atoms with E-state index in [0.717, 1.165) is 4.90 Å². The van der Waals surface area contributed by atoms with Gasteiger partial charge in [0.15, 0.2) is 11.6 Å². The van der Waals surface area contributed by atoms with Gasteiger partial charge in [-0.2, -0.15) is 0 Å². The Bertz CT molecular complexity index is 601. The molecule has 2 amide bonds. The molecule has 0 aliphatic carbocycles. The maximum absolute atomic E-state index is 13.2. The number of carboxylic acids is 1. The van der Waals surface area contributed by atoms with Gasteiger partial charge in [0.05, 0.1) is 23.6 Å². The second-order valence-corrected chi connectivity index (χ2v) is 5.20. The molecule has 5 nitrogen and oxygen atoms in total. The van der Waals surface area contributed by atoms with E-state index in [1.807, 2.05) is 0 Å². The average molecular weight is 297 g/mol. The van der Waals surface area contributed by atoms with Crippen molar-refractivity contribution in [3.63, 3.8) is 0 Å². The number of amides is 2. The lowest BCUT2D eigenvalue weighted by Crippen LogP contribution is -2.44. The van der Waals surface area contributed by atoms with Crippen LogP contribution in [0.15, 0.2) is 12.1 Å². The minimum absolute atomic E-state index is 0.241. The fourth-order valence-corrected chi connectivity index (χ4v) is 2.36. The Morgan fingerprint density at radius 1 is 1.14 bits per heavy atom. The second kappa shape index (κ2) is 5.23. The van der Waals surface area contributed by atoms with Gasteiger partial charge in [0.25, 0.3) is 11.8 Å². The van der Waals surface area contributed by atoms with Gasteiger partial charge in [-0.15, -0.1) is 0 Å². The molecule has 0 bridgehead atoms. The molecule has 1 aliphatic heterocycles. The summed E-state index contributed by atoms with van der Waals surface area (Å²) in [6.45, 7) is 3.33. The van der Waals surface area contributed by atoms with Gasteiger partial charge in [-0.3, -0.25) is 19.3 Å². The molecule has 1 aromatic carbocycles. The largest absolute Gasteiger partial charge is 0.481 e. The zero-order valence-electron chi connectivity index (χ0n) is 11.4. The van der Waals surface area contributed by atoms with E-state index in [-0.39, 0.29) is 17.0 Å². The van der Waals surface area contributed by atoms with Crippen molar-refractivity contribution in [2.24, 2.45) is 5.92 Å². The Hall–Kier alpha value is -2.31. The number of rotatable bonds is 4. The van der Waals surface area contributed by atoms with Gasteiger partial charge in [0.1, 0.15) is 0 Å². The zero-order chi connectivity index (χ0) is 15.9. The zero-order valence-corrected chi connectivity index (χ0v) is 11.4. The lowest BCUT2D eigenvalue weighted by molar-refractivity contribution is -0.138. The minimum atomic E-state index is -1.23. The summed E-state index contributed by atoms with van der Waals surface area (Å²) in [5.41, 5.74) is -0.482. The number of aliphatic carboxylic acids is 1. The third kappa shape index (κ3) is 2.51. The number of carboxylic acid groups (broad SMARTS) is 1. The molecule has 1 N–H and O–H groups in total. The third-order valence-electron chi connectivity index (χ3n) is 3.44. The summed E-state index contributed by atoms with van der Waals surface area (Å²) in [6, 6.07) is 0.465. The van der Waals surface area contributed by atoms with Gasteiger partial charge in [0, 0.05) is 0 Å². The lowest BCUT2D eigenvalue weighted by Gasteiger charge is -2.28. The van der Waals surface area contributed by atoms with E-state index in [4.69, 9.17) is 5.11 Å². The van der Waals surface area contributed by atoms with Crippen molar-refractivity contribution in [3.8, 4) is 0 Å². The minimum Gasteiger partial charge on any atom is -0.481 e. The van der Waals surface area contributed by atoms with Crippen molar-refractivity contribution in [3.05, 3.63) is 34.9 Å². The number of hydrogen-bond acceptors (Lipinski definition) is 3. The van der Waals surface area contributed by atoms with Crippen LogP contribution in [-0.2, 0) is 4.79 Å². The molecule has 1 atom stereocenters. The molecule has 2 rings (SSSR count). The first-order chi connectivity index (χ1) is 9.73. The summed E-state index contributed by atoms with van der Waals surface area (Å²) in [5, 5.41) is 8.90. The predicted octanol–water partition coefficient (Wildman–Crippen LogP) is 2.06. The standard InChI is InChI=1S/C14H13F2NO4/c1-6(2)11(5-12(18)19)17-13(20)7-3-9(15)10(16)4-8(7)14(17)21/h3-4,6,11H,5H2,1-2H3,(H,18,19). The summed E-state index contributed by atoms with van der Waals surface area (Å²) >= 11 is 0. The Balaban J connectivity index is 2.47. The van der Waals surface area contributed by atoms with Crippen LogP contribution in [0.1, 0.15) is 41.0 Å². The molecule has 1 unspecified atom stereocenters. The highest BCUT2D eigenvalue weighted by atomic mass is 19.2. The molecule has 0 radical (unpaired) electrons. The molecule has 0 spiro atoms. The van der Waals surface area contributed by atoms with Crippen molar-refractivity contribution in [1.82, 2.24) is 4.90 Å². The quantitative estimate of drug-likeness (QED) is 0.863. The monoisotopic (exact) mass is 297 g/mol. The van der Waals surface area contributed by atoms with E-state index in [9.17, 15) is 23.2 Å². The number of imide groups is 1. The van der Waals surface area contributed by atoms with Crippen molar-refractivity contribution in [2.45, 2.75) is 26.3 Å². The maximum atomic E-state index is 13.2. The van der Waals surface area contributed by atoms with E-state index in [0.29, 0.717) is 12.1 Å². The number of carbonyl (C=O) groups is 3. The molecule has 0 fully saturated rings. The van der Waals surface area contributed by atoms with E-state index < -0.39 is 41.9 Å². The van der Waals surface area contributed by atoms with Crippen molar-refractivity contribution in [2.75, 3.05) is 0 Å². The fourth-order valence-electron chi connectivity index (χ4n) is 2.36. The Morgan fingerprint density at radius 2 is 1.57 bits per heavy atom. The van der Waals surface area contributed by atoms with E-state index in [2.05, 4.69) is 0 Å². The van der Waals surface area contributed by atoms with Gasteiger partial charge in [-0.1, -0.05) is 13.8 Å². The molecular formula is C14H13F2NO4. The first-order valence-electron chi connectivity index (χ1n) is 6.32. The number of hydrogen-bond donors (Lipinski definition) is 1. The highest BCUT2D eigenvalue weighted by Gasteiger charge is 2.42. The van der Waals surface area contributed by atoms with E-state index in [1.54, 1.807) is 13.8 Å². The van der Waals surface area contributed by atoms with Crippen LogP contribution in [0.4, 0.5) is 8.78 Å². The summed E-state index contributed by atoms with van der Waals surface area (Å²) < 4.78 is 26.4. The first kappa shape index (κ1) is 15.1. The molecule has 7 heteroatoms. The summed E-state index contributed by atoms with van der Waals surface area (Å²) in [5.74, 6) is -5.52. The summed E-state index contributed by atoms with van der Waals surface area (Å²) in [4.78, 5) is 36.1. The number of carbonyl (C=O) groups excluding carboxylic acids is 2. The van der Waals surface area contributed by atoms with Crippen LogP contribution < -0.4 is 0 Å². The summed E-state index contributed by atoms with van der Waals surface area (Å²) in [6.07, 6.45) is -0.423. The van der Waals surface area contributed by atoms with Crippen LogP contribution in [0.2, 0.25) is 0 Å². The molecular weight excluding hydrogens is 284 g/mol. The van der Waals surface area contributed by atoms with Crippen LogP contribution in [-0.4, -0.2) is 33.8 Å². The SMILES string of the molecule is CC(C)C(CC(=O)O)N1C(=O)c2cc(F)c(F)cc2C1=O. The molecule has 0 aromatic heterocycles. The van der Waals surface area contributed by atoms with Gasteiger partial charge < -0.3 is 5.11 Å². The van der Waals surface area contributed by atoms with Crippen molar-refractivity contribution < 1.29 is 28.3 Å². The third-order valence-corrected chi connectivity index (χ3v) is 3.44. The second-order valence-electron chi connectivity index (χ2n) is 5.20. The maximum Gasteiger partial charge on any atom is 0.305 e. The van der Waals surface area contributed by atoms with Gasteiger partial charge in [-0.05, 0) is 18.1 Å². The van der Waals surface area contributed by atoms with E-state index in [1.165, 1.54) is 0 Å². The Labute approximate surface area is 119 Å². The van der Waals surface area contributed by atoms with Crippen LogP contribution in [0.3, 0.4) is 0 Å². The fraction of sp³-hybridized carbons (Fsp3) is 0.357. The Morgan fingerprint density at radius 3 is 1.90 bits per heavy atom. The molecule has 1 heterocycles. The molecule has 0 saturated carbocycles. The number of benzene rings is 1. The molecule has 21 heavy (non-hydrogen) atoms. The topological polar surface area (TPSA) is 74.7 Å². The van der Waals surface area contributed by atoms with E-state index >= 15 is 0 Å². The molecule has 1 aromatic rings. The number of halogens is 2. The molecule has 0 saturated heterocycles. The number of nitrogens with zero attached hydrogens (tertiary/aromatic N) is 1. The van der Waals surface area contributed by atoms with Gasteiger partial charge in [-0.25, -0.2) is 8.78 Å². The lowest BCUT2D eigenvalue weighted by atomic mass is 9.99. The highest BCUT2D eigenvalue weighted by molar-refractivity contribution is 6.21. The molecule has 112 valence electrons. The van der Waals surface area contributed by atoms with Crippen LogP contribution in [0, 0.1) is 17.6 Å². The van der Waals surface area contributed by atoms with Crippen LogP contribution in [0.25, 0.3) is 0 Å². The number of fused-ring (bicyclic) bond motifs is 1. The summed E-state index contributed by atoms with van der Waals surface area (Å²) in [7, 11) is 0. The predicted molar refractivity (Wildman–Crippen MR) is 67.7 cm³/mol. The van der Waals surface area contributed by atoms with Crippen LogP contribution in [0.5, 0.6) is 0 Å². The Kier molecular flexibility index (Phi) is 3.76. The van der Waals surface area contributed by atoms with Crippen LogP contribution >= 0.6 is 0 Å². The van der Waals surface area contributed by atoms with Crippen molar-refractivity contribution >= 4 is 17.8 Å². The van der Waals surface area contributed by atoms with Gasteiger partial charge >= 0.3 is 5.97 Å². The van der Waals surface area contributed by atoms with Gasteiger partial charge in [0.2, 0.25) is 0 Å². The molecule has 1 aliphatic rings. The normalized spacial score (nSPS) is 15.6. The van der Waals surface area contributed by atoms with Crippen molar-refractivity contribution in [1.29, 1.82) is 0 Å². The smallest absolute Gasteiger partial charge is 0.305 e. The first-order valence-corrected chi connectivity index (χ1v) is 6.32.